The SMILES string of the molecule is COCCCCCNC(=O)c1cc(F)c(F)c(F)c1. The van der Waals surface area contributed by atoms with Crippen LogP contribution in [0.25, 0.3) is 0 Å². The van der Waals surface area contributed by atoms with Gasteiger partial charge < -0.3 is 10.1 Å². The van der Waals surface area contributed by atoms with Crippen LogP contribution >= 0.6 is 0 Å². The summed E-state index contributed by atoms with van der Waals surface area (Å²) in [4.78, 5) is 11.6. The summed E-state index contributed by atoms with van der Waals surface area (Å²) in [7, 11) is 1.61. The van der Waals surface area contributed by atoms with Crippen LogP contribution in [0.15, 0.2) is 12.1 Å². The molecule has 0 aliphatic rings. The maximum absolute atomic E-state index is 12.9. The standard InChI is InChI=1S/C13H16F3NO2/c1-19-6-4-2-3-5-17-13(18)9-7-10(14)12(16)11(15)8-9/h7-8H,2-6H2,1H3,(H,17,18). The molecule has 106 valence electrons. The third kappa shape index (κ3) is 4.90. The molecule has 1 aromatic rings. The van der Waals surface area contributed by atoms with Crippen LogP contribution in [0.2, 0.25) is 0 Å². The molecule has 1 N–H and O–H groups in total. The van der Waals surface area contributed by atoms with E-state index in [4.69, 9.17) is 4.74 Å². The van der Waals surface area contributed by atoms with E-state index in [1.54, 1.807) is 7.11 Å². The smallest absolute Gasteiger partial charge is 0.251 e. The van der Waals surface area contributed by atoms with Gasteiger partial charge in [-0.3, -0.25) is 4.79 Å². The quantitative estimate of drug-likeness (QED) is 0.613. The molecule has 1 rings (SSSR count). The van der Waals surface area contributed by atoms with Gasteiger partial charge in [-0.05, 0) is 31.4 Å². The molecule has 0 saturated heterocycles. The van der Waals surface area contributed by atoms with Crippen LogP contribution in [-0.4, -0.2) is 26.2 Å². The highest BCUT2D eigenvalue weighted by Crippen LogP contribution is 2.13. The number of hydrogen-bond donors (Lipinski definition) is 1. The van der Waals surface area contributed by atoms with E-state index < -0.39 is 23.4 Å². The number of unbranched alkanes of at least 4 members (excludes halogenated alkanes) is 2. The van der Waals surface area contributed by atoms with E-state index in [1.165, 1.54) is 0 Å². The predicted molar refractivity (Wildman–Crippen MR) is 64.4 cm³/mol. The van der Waals surface area contributed by atoms with Gasteiger partial charge in [0.25, 0.3) is 5.91 Å². The van der Waals surface area contributed by atoms with Crippen molar-refractivity contribution in [3.8, 4) is 0 Å². The summed E-state index contributed by atoms with van der Waals surface area (Å²) in [5.74, 6) is -4.93. The first-order valence-corrected chi connectivity index (χ1v) is 5.98. The highest BCUT2D eigenvalue weighted by molar-refractivity contribution is 5.94. The minimum atomic E-state index is -1.57. The molecule has 0 saturated carbocycles. The minimum Gasteiger partial charge on any atom is -0.385 e. The van der Waals surface area contributed by atoms with Crippen LogP contribution in [0.5, 0.6) is 0 Å². The molecule has 0 fully saturated rings. The molecule has 0 spiro atoms. The Labute approximate surface area is 109 Å². The summed E-state index contributed by atoms with van der Waals surface area (Å²) in [6.45, 7) is 1.05. The Hall–Kier alpha value is -1.56. The molecule has 0 bridgehead atoms. The number of halogens is 3. The Kier molecular flexibility index (Phi) is 6.35. The lowest BCUT2D eigenvalue weighted by Gasteiger charge is -2.06. The lowest BCUT2D eigenvalue weighted by atomic mass is 10.2. The van der Waals surface area contributed by atoms with E-state index in [1.807, 2.05) is 0 Å². The normalized spacial score (nSPS) is 10.5. The lowest BCUT2D eigenvalue weighted by molar-refractivity contribution is 0.0951. The van der Waals surface area contributed by atoms with Gasteiger partial charge in [0.2, 0.25) is 0 Å². The topological polar surface area (TPSA) is 38.3 Å². The molecule has 1 aromatic carbocycles. The zero-order valence-corrected chi connectivity index (χ0v) is 10.6. The Bertz CT molecular complexity index is 415. The number of methoxy groups -OCH3 is 1. The van der Waals surface area contributed by atoms with Crippen molar-refractivity contribution >= 4 is 5.91 Å². The van der Waals surface area contributed by atoms with Crippen molar-refractivity contribution in [3.63, 3.8) is 0 Å². The maximum Gasteiger partial charge on any atom is 0.251 e. The fourth-order valence-corrected chi connectivity index (χ4v) is 1.54. The summed E-state index contributed by atoms with van der Waals surface area (Å²) in [6.07, 6.45) is 2.49. The van der Waals surface area contributed by atoms with E-state index in [0.29, 0.717) is 25.3 Å². The summed E-state index contributed by atoms with van der Waals surface area (Å²) >= 11 is 0. The maximum atomic E-state index is 12.9. The van der Waals surface area contributed by atoms with Crippen molar-refractivity contribution in [1.82, 2.24) is 5.32 Å². The number of hydrogen-bond acceptors (Lipinski definition) is 2. The average molecular weight is 275 g/mol. The molecular weight excluding hydrogens is 259 g/mol. The second kappa shape index (κ2) is 7.78. The van der Waals surface area contributed by atoms with Crippen LogP contribution in [-0.2, 0) is 4.74 Å². The number of ether oxygens (including phenoxy) is 1. The van der Waals surface area contributed by atoms with Gasteiger partial charge in [0.05, 0.1) is 0 Å². The first-order chi connectivity index (χ1) is 9.06. The molecule has 0 aliphatic carbocycles. The van der Waals surface area contributed by atoms with Gasteiger partial charge in [0, 0.05) is 25.8 Å². The number of carbonyl (C=O) groups excluding carboxylic acids is 1. The molecular formula is C13H16F3NO2. The van der Waals surface area contributed by atoms with E-state index in [0.717, 1.165) is 19.3 Å². The summed E-state index contributed by atoms with van der Waals surface area (Å²) in [5, 5.41) is 2.51. The third-order valence-corrected chi connectivity index (χ3v) is 2.56. The first-order valence-electron chi connectivity index (χ1n) is 5.98. The van der Waals surface area contributed by atoms with Crippen molar-refractivity contribution in [2.45, 2.75) is 19.3 Å². The molecule has 1 amide bonds. The monoisotopic (exact) mass is 275 g/mol. The van der Waals surface area contributed by atoms with Gasteiger partial charge >= 0.3 is 0 Å². The van der Waals surface area contributed by atoms with Crippen LogP contribution in [0.1, 0.15) is 29.6 Å². The van der Waals surface area contributed by atoms with Crippen LogP contribution < -0.4 is 5.32 Å². The van der Waals surface area contributed by atoms with Gasteiger partial charge in [0.1, 0.15) is 0 Å². The van der Waals surface area contributed by atoms with Gasteiger partial charge in [-0.2, -0.15) is 0 Å². The van der Waals surface area contributed by atoms with E-state index in [2.05, 4.69) is 5.32 Å². The van der Waals surface area contributed by atoms with Crippen molar-refractivity contribution < 1.29 is 22.7 Å². The van der Waals surface area contributed by atoms with Crippen molar-refractivity contribution in [2.24, 2.45) is 0 Å². The van der Waals surface area contributed by atoms with Crippen molar-refractivity contribution in [1.29, 1.82) is 0 Å². The summed E-state index contributed by atoms with van der Waals surface area (Å²) in [5.41, 5.74) is -0.228. The Morgan fingerprint density at radius 3 is 2.37 bits per heavy atom. The van der Waals surface area contributed by atoms with E-state index in [9.17, 15) is 18.0 Å². The molecule has 0 unspecified atom stereocenters. The molecule has 0 aromatic heterocycles. The number of rotatable bonds is 7. The Morgan fingerprint density at radius 1 is 1.16 bits per heavy atom. The number of nitrogens with one attached hydrogen (secondary N) is 1. The van der Waals surface area contributed by atoms with Gasteiger partial charge in [-0.1, -0.05) is 0 Å². The molecule has 3 nitrogen and oxygen atoms in total. The second-order valence-corrected chi connectivity index (χ2v) is 4.06. The van der Waals surface area contributed by atoms with Crippen LogP contribution in [0.4, 0.5) is 13.2 Å². The minimum absolute atomic E-state index is 0.228. The highest BCUT2D eigenvalue weighted by atomic mass is 19.2. The van der Waals surface area contributed by atoms with Gasteiger partial charge in [0.15, 0.2) is 17.5 Å². The third-order valence-electron chi connectivity index (χ3n) is 2.56. The fraction of sp³-hybridized carbons (Fsp3) is 0.462. The lowest BCUT2D eigenvalue weighted by Crippen LogP contribution is -2.25. The largest absolute Gasteiger partial charge is 0.385 e. The van der Waals surface area contributed by atoms with Crippen molar-refractivity contribution in [3.05, 3.63) is 35.1 Å². The van der Waals surface area contributed by atoms with E-state index in [-0.39, 0.29) is 5.56 Å². The predicted octanol–water partition coefficient (Wildman–Crippen LogP) is 2.65. The van der Waals surface area contributed by atoms with Gasteiger partial charge in [-0.25, -0.2) is 13.2 Å². The Morgan fingerprint density at radius 2 is 1.79 bits per heavy atom. The molecule has 0 aliphatic heterocycles. The molecule has 0 radical (unpaired) electrons. The highest BCUT2D eigenvalue weighted by Gasteiger charge is 2.14. The Balaban J connectivity index is 2.42. The fourth-order valence-electron chi connectivity index (χ4n) is 1.54. The number of carbonyl (C=O) groups is 1. The zero-order valence-electron chi connectivity index (χ0n) is 10.6. The van der Waals surface area contributed by atoms with E-state index >= 15 is 0 Å². The molecule has 0 heterocycles. The molecule has 6 heteroatoms. The average Bonchev–Trinajstić information content (AvgIpc) is 2.39. The number of amides is 1. The molecule has 19 heavy (non-hydrogen) atoms. The summed E-state index contributed by atoms with van der Waals surface area (Å²) < 4.78 is 43.4. The zero-order chi connectivity index (χ0) is 14.3. The first kappa shape index (κ1) is 15.5. The van der Waals surface area contributed by atoms with Crippen LogP contribution in [0.3, 0.4) is 0 Å². The second-order valence-electron chi connectivity index (χ2n) is 4.06. The van der Waals surface area contributed by atoms with Crippen LogP contribution in [0, 0.1) is 17.5 Å². The van der Waals surface area contributed by atoms with Gasteiger partial charge in [-0.15, -0.1) is 0 Å². The summed E-state index contributed by atoms with van der Waals surface area (Å²) in [6, 6.07) is 1.36. The van der Waals surface area contributed by atoms with Crippen molar-refractivity contribution in [2.75, 3.05) is 20.3 Å². The molecule has 0 atom stereocenters. The number of benzene rings is 1.